The van der Waals surface area contributed by atoms with E-state index in [-0.39, 0.29) is 64.6 Å². The molecule has 0 spiro atoms. The fourth-order valence-electron chi connectivity index (χ4n) is 1.88. The number of aliphatic hydroxyl groups excluding tert-OH is 2. The van der Waals surface area contributed by atoms with Crippen molar-refractivity contribution in [3.05, 3.63) is 22.7 Å². The van der Waals surface area contributed by atoms with Gasteiger partial charge in [0.25, 0.3) is 7.82 Å². The third-order valence-electron chi connectivity index (χ3n) is 2.86. The molecule has 1 aliphatic rings. The Morgan fingerprint density at radius 3 is 2.61 bits per heavy atom. The summed E-state index contributed by atoms with van der Waals surface area (Å²) in [6.45, 7) is -0.719. The Hall–Kier alpha value is 0.306. The second-order valence-electron chi connectivity index (χ2n) is 4.35. The van der Waals surface area contributed by atoms with Crippen LogP contribution in [0.25, 0.3) is 0 Å². The van der Waals surface area contributed by atoms with E-state index in [1.807, 2.05) is 0 Å². The molecule has 0 saturated carbocycles. The average Bonchev–Trinajstić information content (AvgIpc) is 2.64. The number of hydrogen-bond donors (Lipinski definition) is 4. The molecular formula is C10H17KN3O8P. The van der Waals surface area contributed by atoms with Gasteiger partial charge in [-0.3, -0.25) is 9.13 Å². The van der Waals surface area contributed by atoms with Gasteiger partial charge in [0.05, 0.1) is 6.61 Å². The van der Waals surface area contributed by atoms with Gasteiger partial charge >= 0.3 is 57.1 Å². The van der Waals surface area contributed by atoms with E-state index in [0.29, 0.717) is 0 Å². The number of phosphoric acid groups is 1. The van der Waals surface area contributed by atoms with Gasteiger partial charge in [-0.2, -0.15) is 4.98 Å². The van der Waals surface area contributed by atoms with E-state index in [0.717, 1.165) is 4.57 Å². The fraction of sp³-hybridized carbons (Fsp3) is 0.600. The number of rotatable bonds is 4. The molecule has 0 aliphatic carbocycles. The number of nitrogens with zero attached hydrogens (tertiary/aromatic N) is 2. The zero-order chi connectivity index (χ0) is 15.8. The van der Waals surface area contributed by atoms with Crippen LogP contribution in [0.4, 0.5) is 5.82 Å². The first kappa shape index (κ1) is 23.3. The summed E-state index contributed by atoms with van der Waals surface area (Å²) in [6, 6.07) is 1.28. The number of nitrogen functional groups attached to an aromatic ring is 1. The van der Waals surface area contributed by atoms with Crippen molar-refractivity contribution >= 4 is 13.6 Å². The summed E-state index contributed by atoms with van der Waals surface area (Å²) in [6.07, 6.45) is -4.39. The van der Waals surface area contributed by atoms with Crippen LogP contribution in [0.1, 0.15) is 13.7 Å². The number of phosphoric ester groups is 1. The summed E-state index contributed by atoms with van der Waals surface area (Å²) >= 11 is 0. The summed E-state index contributed by atoms with van der Waals surface area (Å²) in [5.41, 5.74) is 4.50. The Morgan fingerprint density at radius 2 is 2.09 bits per heavy atom. The first-order valence-electron chi connectivity index (χ1n) is 5.73. The summed E-state index contributed by atoms with van der Waals surface area (Å²) in [5, 5.41) is 19.6. The Kier molecular flexibility index (Phi) is 9.25. The number of nitrogens with two attached hydrogens (primary N) is 1. The summed E-state index contributed by atoms with van der Waals surface area (Å²) in [7, 11) is -4.99. The van der Waals surface area contributed by atoms with Gasteiger partial charge in [0.1, 0.15) is 24.1 Å². The molecule has 11 nitrogen and oxygen atoms in total. The summed E-state index contributed by atoms with van der Waals surface area (Å²) < 4.78 is 20.7. The second kappa shape index (κ2) is 9.13. The molecule has 0 amide bonds. The second-order valence-corrected chi connectivity index (χ2v) is 5.55. The maximum atomic E-state index is 11.6. The van der Waals surface area contributed by atoms with E-state index in [2.05, 4.69) is 9.51 Å². The molecule has 5 N–H and O–H groups in total. The van der Waals surface area contributed by atoms with Crippen molar-refractivity contribution < 1.29 is 85.2 Å². The van der Waals surface area contributed by atoms with Gasteiger partial charge in [-0.25, -0.2) is 4.79 Å². The van der Waals surface area contributed by atoms with Crippen molar-refractivity contribution in [1.82, 2.24) is 9.55 Å². The van der Waals surface area contributed by atoms with Crippen LogP contribution < -0.4 is 67.7 Å². The van der Waals surface area contributed by atoms with Crippen molar-refractivity contribution in [1.29, 1.82) is 0 Å². The molecular weight excluding hydrogens is 360 g/mol. The molecule has 0 radical (unpaired) electrons. The van der Waals surface area contributed by atoms with Gasteiger partial charge in [-0.1, -0.05) is 7.43 Å². The molecule has 5 atom stereocenters. The van der Waals surface area contributed by atoms with Gasteiger partial charge in [-0.05, 0) is 6.07 Å². The van der Waals surface area contributed by atoms with Crippen LogP contribution in [0.3, 0.4) is 0 Å². The molecule has 13 heteroatoms. The van der Waals surface area contributed by atoms with Gasteiger partial charge < -0.3 is 35.0 Å². The molecule has 1 unspecified atom stereocenters. The molecule has 0 aromatic carbocycles. The maximum absolute atomic E-state index is 11.6. The summed E-state index contributed by atoms with van der Waals surface area (Å²) in [5.74, 6) is -0.0308. The standard InChI is InChI=1S/C9H14N3O8P.CH4.K/c10-5-1-2-12(9(15)11-5)8-7(14)6(13)4(20-8)3-19-21(16,17)18;;/h1-2,4,6-8,13-14H,3H2,(H2,10,11,15)(H2,16,17,18);1H4;/q;;+1/p-1/t4-,6-,7-,8-;;/m1../s1. The summed E-state index contributed by atoms with van der Waals surface area (Å²) in [4.78, 5) is 34.1. The van der Waals surface area contributed by atoms with Crippen LogP contribution >= 0.6 is 7.82 Å². The predicted octanol–water partition coefficient (Wildman–Crippen LogP) is -5.44. The SMILES string of the molecule is C.Nc1ccn([C@@H]2O[C@H](COP(=O)([O-])O)[C@@H](O)[C@H]2O)c(=O)n1.[K+]. The topological polar surface area (TPSA) is 180 Å². The fourth-order valence-corrected chi connectivity index (χ4v) is 2.22. The minimum Gasteiger partial charge on any atom is -0.756 e. The normalized spacial score (nSPS) is 29.2. The van der Waals surface area contributed by atoms with Crippen molar-refractivity contribution in [2.24, 2.45) is 0 Å². The smallest absolute Gasteiger partial charge is 0.756 e. The Balaban J connectivity index is 0.00000242. The van der Waals surface area contributed by atoms with Crippen molar-refractivity contribution in [3.8, 4) is 0 Å². The Labute approximate surface area is 174 Å². The van der Waals surface area contributed by atoms with Crippen LogP contribution in [0.15, 0.2) is 17.1 Å². The minimum absolute atomic E-state index is 0. The number of hydrogen-bond acceptors (Lipinski definition) is 9. The van der Waals surface area contributed by atoms with Crippen LogP contribution in [-0.4, -0.2) is 49.6 Å². The van der Waals surface area contributed by atoms with Gasteiger partial charge in [-0.15, -0.1) is 0 Å². The van der Waals surface area contributed by atoms with Gasteiger partial charge in [0, 0.05) is 6.20 Å². The largest absolute Gasteiger partial charge is 1.00 e. The molecule has 1 aromatic rings. The zero-order valence-electron chi connectivity index (χ0n) is 11.5. The molecule has 1 aliphatic heterocycles. The van der Waals surface area contributed by atoms with Crippen molar-refractivity contribution in [3.63, 3.8) is 0 Å². The monoisotopic (exact) mass is 377 g/mol. The quantitative estimate of drug-likeness (QED) is 0.292. The minimum atomic E-state index is -4.99. The molecule has 23 heavy (non-hydrogen) atoms. The Bertz CT molecular complexity index is 622. The predicted molar refractivity (Wildman–Crippen MR) is 71.3 cm³/mol. The molecule has 2 heterocycles. The van der Waals surface area contributed by atoms with Crippen molar-refractivity contribution in [2.75, 3.05) is 12.3 Å². The van der Waals surface area contributed by atoms with Crippen molar-refractivity contribution in [2.45, 2.75) is 32.0 Å². The average molecular weight is 377 g/mol. The van der Waals surface area contributed by atoms with Crippen LogP contribution in [0, 0.1) is 0 Å². The van der Waals surface area contributed by atoms with Crippen LogP contribution in [0.5, 0.6) is 0 Å². The van der Waals surface area contributed by atoms with Gasteiger partial charge in [0.15, 0.2) is 6.23 Å². The van der Waals surface area contributed by atoms with Crippen LogP contribution in [0.2, 0.25) is 0 Å². The third kappa shape index (κ3) is 5.95. The third-order valence-corrected chi connectivity index (χ3v) is 3.34. The van der Waals surface area contributed by atoms with E-state index < -0.39 is 44.7 Å². The Morgan fingerprint density at radius 1 is 1.48 bits per heavy atom. The van der Waals surface area contributed by atoms with E-state index in [1.54, 1.807) is 0 Å². The zero-order valence-corrected chi connectivity index (χ0v) is 15.5. The number of aromatic nitrogens is 2. The molecule has 1 fully saturated rings. The number of ether oxygens (including phenoxy) is 1. The molecule has 1 aromatic heterocycles. The molecule has 0 bridgehead atoms. The maximum Gasteiger partial charge on any atom is 1.00 e. The van der Waals surface area contributed by atoms with E-state index >= 15 is 0 Å². The van der Waals surface area contributed by atoms with Gasteiger partial charge in [0.2, 0.25) is 0 Å². The van der Waals surface area contributed by atoms with Crippen LogP contribution in [-0.2, 0) is 13.8 Å². The van der Waals surface area contributed by atoms with E-state index in [1.165, 1.54) is 12.3 Å². The molecule has 126 valence electrons. The number of anilines is 1. The number of aliphatic hydroxyl groups is 2. The van der Waals surface area contributed by atoms with E-state index in [9.17, 15) is 24.5 Å². The molecule has 2 rings (SSSR count). The molecule has 1 saturated heterocycles. The van der Waals surface area contributed by atoms with E-state index in [4.69, 9.17) is 15.4 Å². The first-order chi connectivity index (χ1) is 9.69. The first-order valence-corrected chi connectivity index (χ1v) is 7.23.